The quantitative estimate of drug-likeness (QED) is 0.330. The fraction of sp³-hybridized carbons (Fsp3) is 0.610. The molecule has 2 bridgehead atoms. The number of halogens is 1. The van der Waals surface area contributed by atoms with Crippen LogP contribution in [-0.4, -0.2) is 113 Å². The number of morpholine rings is 1. The van der Waals surface area contributed by atoms with E-state index in [4.69, 9.17) is 21.1 Å². The van der Waals surface area contributed by atoms with E-state index >= 15 is 0 Å². The van der Waals surface area contributed by atoms with E-state index in [1.54, 1.807) is 6.07 Å². The average molecular weight is 751 g/mol. The summed E-state index contributed by atoms with van der Waals surface area (Å²) in [5, 5.41) is 13.3. The smallest absolute Gasteiger partial charge is 0.262 e. The Hall–Kier alpha value is -2.60. The standard InChI is InChI=1S/C41H55ClN4O5S/c1-28-6-4-15-41(48,26-44-16-17-45-18-19-50-24-34(45)23-44)36-11-8-32(36)22-46-25-40(14-5-7-30-20-33(42)10-12-35(30)40)27-51-38-13-9-31(21-37(38)46)39(47)43-52(3,49)29(28)2/h4,9-10,12-13,15,20-21,28-29,32,34,36,48H,3,5-8,11,14,16-19,22-27H2,1-2H3,(H,43,47,49)/b15-4+/t28-,29+,32-,34-,36+,40-,41-,52?/m0/s1. The van der Waals surface area contributed by atoms with Gasteiger partial charge in [0.05, 0.1) is 40.8 Å². The molecule has 1 spiro atoms. The number of hydrogen-bond acceptors (Lipinski definition) is 8. The van der Waals surface area contributed by atoms with Crippen LogP contribution in [0.25, 0.3) is 0 Å². The zero-order valence-corrected chi connectivity index (χ0v) is 32.3. The Balaban J connectivity index is 1.17. The van der Waals surface area contributed by atoms with Crippen LogP contribution in [0.1, 0.15) is 67.4 Å². The van der Waals surface area contributed by atoms with Crippen molar-refractivity contribution in [1.29, 1.82) is 0 Å². The lowest BCUT2D eigenvalue weighted by atomic mass is 9.63. The van der Waals surface area contributed by atoms with Crippen molar-refractivity contribution < 1.29 is 23.6 Å². The maximum atomic E-state index is 14.0. The van der Waals surface area contributed by atoms with Crippen molar-refractivity contribution in [1.82, 2.24) is 14.5 Å². The first kappa shape index (κ1) is 36.4. The molecule has 1 amide bonds. The summed E-state index contributed by atoms with van der Waals surface area (Å²) in [7, 11) is -2.98. The van der Waals surface area contributed by atoms with Crippen LogP contribution in [0.5, 0.6) is 5.75 Å². The Morgan fingerprint density at radius 1 is 1.12 bits per heavy atom. The lowest BCUT2D eigenvalue weighted by Crippen LogP contribution is -2.62. The van der Waals surface area contributed by atoms with Gasteiger partial charge in [-0.3, -0.25) is 19.3 Å². The van der Waals surface area contributed by atoms with Gasteiger partial charge in [0.1, 0.15) is 5.75 Å². The summed E-state index contributed by atoms with van der Waals surface area (Å²) in [5.74, 6) is 4.67. The summed E-state index contributed by atoms with van der Waals surface area (Å²) in [4.78, 5) is 21.2. The van der Waals surface area contributed by atoms with E-state index in [1.165, 1.54) is 11.1 Å². The summed E-state index contributed by atoms with van der Waals surface area (Å²) in [6.07, 6.45) is 9.77. The van der Waals surface area contributed by atoms with E-state index in [0.717, 1.165) is 101 Å². The third-order valence-electron chi connectivity index (χ3n) is 13.4. The predicted molar refractivity (Wildman–Crippen MR) is 209 cm³/mol. The molecule has 1 saturated carbocycles. The molecule has 2 N–H and O–H groups in total. The van der Waals surface area contributed by atoms with Crippen molar-refractivity contribution >= 4 is 38.8 Å². The molecular weight excluding hydrogens is 696 g/mol. The third kappa shape index (κ3) is 6.92. The molecule has 11 heteroatoms. The van der Waals surface area contributed by atoms with Gasteiger partial charge in [-0.2, -0.15) is 0 Å². The Labute approximate surface area is 314 Å². The summed E-state index contributed by atoms with van der Waals surface area (Å²) in [6, 6.07) is 12.2. The Kier molecular flexibility index (Phi) is 9.96. The molecule has 52 heavy (non-hydrogen) atoms. The Morgan fingerprint density at radius 3 is 2.81 bits per heavy atom. The van der Waals surface area contributed by atoms with Crippen molar-refractivity contribution in [2.24, 2.45) is 17.8 Å². The molecule has 2 aliphatic carbocycles. The number of piperazine rings is 1. The minimum absolute atomic E-state index is 0.0285. The number of anilines is 1. The van der Waals surface area contributed by atoms with E-state index in [1.807, 2.05) is 32.0 Å². The lowest BCUT2D eigenvalue weighted by Gasteiger charge is -2.51. The van der Waals surface area contributed by atoms with Crippen LogP contribution in [-0.2, 0) is 26.3 Å². The van der Waals surface area contributed by atoms with Crippen molar-refractivity contribution in [3.8, 4) is 5.75 Å². The summed E-state index contributed by atoms with van der Waals surface area (Å²) in [5.41, 5.74) is 2.59. The number of carbonyl (C=O) groups excluding carboxylic acids is 1. The highest BCUT2D eigenvalue weighted by Crippen LogP contribution is 2.48. The van der Waals surface area contributed by atoms with E-state index in [0.29, 0.717) is 31.2 Å². The number of nitrogens with zero attached hydrogens (tertiary/aromatic N) is 3. The molecule has 282 valence electrons. The van der Waals surface area contributed by atoms with Crippen molar-refractivity contribution in [2.75, 3.05) is 70.5 Å². The van der Waals surface area contributed by atoms with Crippen LogP contribution >= 0.6 is 11.6 Å². The molecule has 2 aromatic carbocycles. The van der Waals surface area contributed by atoms with Gasteiger partial charge in [0.15, 0.2) is 0 Å². The molecule has 0 radical (unpaired) electrons. The van der Waals surface area contributed by atoms with Crippen molar-refractivity contribution in [3.05, 3.63) is 70.3 Å². The number of rotatable bonds is 2. The molecule has 0 aromatic heterocycles. The minimum atomic E-state index is -2.98. The number of amides is 1. The van der Waals surface area contributed by atoms with E-state index < -0.39 is 15.3 Å². The van der Waals surface area contributed by atoms with Gasteiger partial charge in [-0.05, 0) is 111 Å². The number of allylic oxidation sites excluding steroid dienone is 1. The highest BCUT2D eigenvalue weighted by Gasteiger charge is 2.49. The predicted octanol–water partition coefficient (Wildman–Crippen LogP) is 4.93. The molecule has 2 saturated heterocycles. The highest BCUT2D eigenvalue weighted by atomic mass is 35.5. The van der Waals surface area contributed by atoms with E-state index in [9.17, 15) is 14.1 Å². The average Bonchev–Trinajstić information content (AvgIpc) is 3.25. The van der Waals surface area contributed by atoms with Crippen LogP contribution in [0, 0.1) is 17.8 Å². The van der Waals surface area contributed by atoms with Crippen molar-refractivity contribution in [3.63, 3.8) is 0 Å². The highest BCUT2D eigenvalue weighted by molar-refractivity contribution is 7.99. The summed E-state index contributed by atoms with van der Waals surface area (Å²) in [6.45, 7) is 11.8. The molecule has 4 aliphatic heterocycles. The molecule has 8 atom stereocenters. The van der Waals surface area contributed by atoms with Crippen LogP contribution in [0.2, 0.25) is 5.02 Å². The largest absolute Gasteiger partial charge is 0.490 e. The second-order valence-electron chi connectivity index (χ2n) is 16.7. The third-order valence-corrected chi connectivity index (χ3v) is 15.8. The number of aliphatic hydroxyl groups is 1. The summed E-state index contributed by atoms with van der Waals surface area (Å²) >= 11 is 6.50. The van der Waals surface area contributed by atoms with Gasteiger partial charge in [0.25, 0.3) is 5.91 Å². The molecule has 6 aliphatic rings. The Bertz CT molecular complexity index is 1820. The first-order valence-electron chi connectivity index (χ1n) is 19.4. The van der Waals surface area contributed by atoms with Gasteiger partial charge in [0, 0.05) is 73.1 Å². The maximum Gasteiger partial charge on any atom is 0.262 e. The fourth-order valence-corrected chi connectivity index (χ4v) is 11.6. The molecule has 8 rings (SSSR count). The van der Waals surface area contributed by atoms with Gasteiger partial charge in [-0.15, -0.1) is 0 Å². The number of hydrogen-bond donors (Lipinski definition) is 2. The number of fused-ring (bicyclic) bond motifs is 5. The molecule has 1 unspecified atom stereocenters. The number of aryl methyl sites for hydroxylation is 1. The molecule has 9 nitrogen and oxygen atoms in total. The van der Waals surface area contributed by atoms with Gasteiger partial charge in [-0.25, -0.2) is 4.21 Å². The van der Waals surface area contributed by atoms with E-state index in [2.05, 4.69) is 49.6 Å². The van der Waals surface area contributed by atoms with Crippen LogP contribution in [0.4, 0.5) is 5.69 Å². The zero-order valence-electron chi connectivity index (χ0n) is 30.7. The number of β-amino-alcohol motifs (C(OH)–C–C–N with tert-alkyl or cyclic N) is 1. The maximum absolute atomic E-state index is 14.0. The summed E-state index contributed by atoms with van der Waals surface area (Å²) < 4.78 is 29.4. The Morgan fingerprint density at radius 2 is 1.98 bits per heavy atom. The topological polar surface area (TPSA) is 94.6 Å². The molecular formula is C41H55ClN4O5S. The lowest BCUT2D eigenvalue weighted by molar-refractivity contribution is -0.0902. The second kappa shape index (κ2) is 14.2. The molecule has 4 heterocycles. The molecule has 2 aromatic rings. The van der Waals surface area contributed by atoms with Crippen LogP contribution in [0.3, 0.4) is 0 Å². The van der Waals surface area contributed by atoms with Gasteiger partial charge in [0.2, 0.25) is 0 Å². The van der Waals surface area contributed by atoms with Crippen LogP contribution < -0.4 is 14.4 Å². The van der Waals surface area contributed by atoms with Gasteiger partial charge >= 0.3 is 0 Å². The molecule has 3 fully saturated rings. The van der Waals surface area contributed by atoms with E-state index in [-0.39, 0.29) is 34.3 Å². The first-order chi connectivity index (χ1) is 24.9. The monoisotopic (exact) mass is 750 g/mol. The number of ether oxygens (including phenoxy) is 2. The first-order valence-corrected chi connectivity index (χ1v) is 21.5. The van der Waals surface area contributed by atoms with Crippen molar-refractivity contribution in [2.45, 2.75) is 74.7 Å². The van der Waals surface area contributed by atoms with Gasteiger partial charge < -0.3 is 19.5 Å². The van der Waals surface area contributed by atoms with Crippen LogP contribution in [0.15, 0.2) is 48.6 Å². The normalized spacial score (nSPS) is 37.7. The number of benzene rings is 2. The fourth-order valence-electron chi connectivity index (χ4n) is 9.95. The number of carbonyl (C=O) groups is 1. The van der Waals surface area contributed by atoms with Gasteiger partial charge in [-0.1, -0.05) is 36.7 Å². The second-order valence-corrected chi connectivity index (χ2v) is 19.5. The number of nitrogens with one attached hydrogen (secondary N) is 1. The zero-order chi connectivity index (χ0) is 36.3. The SMILES string of the molecule is C=S1(=O)NC(=O)c2ccc3c(c2)N(C[C@@H]2CC[C@H]2[C@@](O)(CN2CCN4CCOC[C@@H]4C2)/C=C/C[C@H](C)[C@H]1C)C[C@@]1(CCCc2cc(Cl)ccc21)CO3. The minimum Gasteiger partial charge on any atom is -0.490 e.